The first kappa shape index (κ1) is 28.0. The largest absolute Gasteiger partial charge is 0.496 e. The Morgan fingerprint density at radius 2 is 1.90 bits per heavy atom. The van der Waals surface area contributed by atoms with E-state index in [9.17, 15) is 14.0 Å². The van der Waals surface area contributed by atoms with Crippen molar-refractivity contribution in [2.45, 2.75) is 43.7 Å². The van der Waals surface area contributed by atoms with Gasteiger partial charge in [0.2, 0.25) is 5.91 Å². The monoisotopic (exact) mass is 550 g/mol. The zero-order valence-electron chi connectivity index (χ0n) is 23.1. The molecule has 10 heteroatoms. The fourth-order valence-electron chi connectivity index (χ4n) is 6.23. The molecule has 2 fully saturated rings. The Bertz CT molecular complexity index is 1240. The molecule has 1 atom stereocenters. The van der Waals surface area contributed by atoms with Crippen LogP contribution in [0, 0.1) is 11.7 Å². The fourth-order valence-corrected chi connectivity index (χ4v) is 6.23. The Morgan fingerprint density at radius 1 is 1.15 bits per heavy atom. The number of benzene rings is 2. The van der Waals surface area contributed by atoms with E-state index in [-0.39, 0.29) is 23.9 Å². The highest BCUT2D eigenvalue weighted by atomic mass is 19.1. The highest BCUT2D eigenvalue weighted by Gasteiger charge is 2.45. The number of methoxy groups -OCH3 is 1. The van der Waals surface area contributed by atoms with Gasteiger partial charge >= 0.3 is 0 Å². The normalized spacial score (nSPS) is 22.4. The van der Waals surface area contributed by atoms with Crippen LogP contribution in [-0.2, 0) is 16.8 Å². The van der Waals surface area contributed by atoms with Crippen molar-refractivity contribution in [3.63, 3.8) is 0 Å². The SMILES string of the molecule is COc1ccc(F)cc1C(=O)NCc1ccccc1C1(C(N)=O)C=NN(C2CCN(CC3CCNCC3)CC2)C1. The van der Waals surface area contributed by atoms with Gasteiger partial charge in [0.1, 0.15) is 17.0 Å². The molecule has 0 bridgehead atoms. The van der Waals surface area contributed by atoms with Gasteiger partial charge in [0.05, 0.1) is 19.2 Å². The first-order valence-corrected chi connectivity index (χ1v) is 14.1. The smallest absolute Gasteiger partial charge is 0.255 e. The number of likely N-dealkylation sites (tertiary alicyclic amines) is 1. The second-order valence-electron chi connectivity index (χ2n) is 11.1. The predicted octanol–water partition coefficient (Wildman–Crippen LogP) is 2.25. The lowest BCUT2D eigenvalue weighted by molar-refractivity contribution is -0.121. The Morgan fingerprint density at radius 3 is 2.62 bits per heavy atom. The van der Waals surface area contributed by atoms with Gasteiger partial charge in [0, 0.05) is 38.4 Å². The van der Waals surface area contributed by atoms with Crippen molar-refractivity contribution in [3.8, 4) is 5.75 Å². The maximum absolute atomic E-state index is 13.8. The molecule has 0 saturated carbocycles. The van der Waals surface area contributed by atoms with Crippen LogP contribution in [0.2, 0.25) is 0 Å². The van der Waals surface area contributed by atoms with E-state index in [2.05, 4.69) is 15.5 Å². The van der Waals surface area contributed by atoms with E-state index in [1.165, 1.54) is 32.1 Å². The molecule has 2 amide bonds. The van der Waals surface area contributed by atoms with E-state index < -0.39 is 23.0 Å². The molecule has 5 rings (SSSR count). The summed E-state index contributed by atoms with van der Waals surface area (Å²) in [5.41, 5.74) is 6.49. The van der Waals surface area contributed by atoms with E-state index in [1.54, 1.807) is 6.21 Å². The first-order chi connectivity index (χ1) is 19.4. The molecule has 40 heavy (non-hydrogen) atoms. The molecule has 3 aliphatic rings. The van der Waals surface area contributed by atoms with Gasteiger partial charge in [-0.05, 0) is 74.0 Å². The zero-order valence-corrected chi connectivity index (χ0v) is 23.1. The summed E-state index contributed by atoms with van der Waals surface area (Å²) in [6, 6.07) is 11.5. The van der Waals surface area contributed by atoms with Crippen molar-refractivity contribution in [2.24, 2.45) is 16.8 Å². The summed E-state index contributed by atoms with van der Waals surface area (Å²) in [5, 5.41) is 13.0. The fraction of sp³-hybridized carbons (Fsp3) is 0.500. The lowest BCUT2D eigenvalue weighted by Gasteiger charge is -2.39. The summed E-state index contributed by atoms with van der Waals surface area (Å²) >= 11 is 0. The lowest BCUT2D eigenvalue weighted by Crippen LogP contribution is -2.50. The van der Waals surface area contributed by atoms with Gasteiger partial charge in [-0.2, -0.15) is 5.10 Å². The number of rotatable bonds is 9. The summed E-state index contributed by atoms with van der Waals surface area (Å²) in [4.78, 5) is 28.5. The third-order valence-electron chi connectivity index (χ3n) is 8.57. The minimum atomic E-state index is -1.11. The van der Waals surface area contributed by atoms with Gasteiger partial charge in [-0.3, -0.25) is 14.6 Å². The van der Waals surface area contributed by atoms with Crippen molar-refractivity contribution in [2.75, 3.05) is 46.4 Å². The molecule has 2 saturated heterocycles. The minimum Gasteiger partial charge on any atom is -0.496 e. The Hall–Kier alpha value is -3.50. The Labute approximate surface area is 234 Å². The average molecular weight is 551 g/mol. The summed E-state index contributed by atoms with van der Waals surface area (Å²) in [7, 11) is 1.43. The summed E-state index contributed by atoms with van der Waals surface area (Å²) in [6.07, 6.45) is 6.14. The van der Waals surface area contributed by atoms with Gasteiger partial charge in [-0.15, -0.1) is 0 Å². The molecule has 1 unspecified atom stereocenters. The number of amides is 2. The third kappa shape index (κ3) is 5.97. The molecule has 2 aromatic rings. The van der Waals surface area contributed by atoms with E-state index in [1.807, 2.05) is 29.3 Å². The van der Waals surface area contributed by atoms with E-state index in [4.69, 9.17) is 15.6 Å². The zero-order chi connectivity index (χ0) is 28.1. The Kier molecular flexibility index (Phi) is 8.66. The number of piperidine rings is 2. The second kappa shape index (κ2) is 12.3. The average Bonchev–Trinajstić information content (AvgIpc) is 3.44. The molecule has 3 heterocycles. The summed E-state index contributed by atoms with van der Waals surface area (Å²) < 4.78 is 19.0. The van der Waals surface area contributed by atoms with E-state index in [0.717, 1.165) is 63.1 Å². The van der Waals surface area contributed by atoms with Gasteiger partial charge < -0.3 is 26.0 Å². The van der Waals surface area contributed by atoms with Crippen molar-refractivity contribution < 1.29 is 18.7 Å². The standard InChI is InChI=1S/C30H39FN6O3/c1-40-27-7-6-23(31)16-25(27)28(38)34-17-22-4-2-3-5-26(22)30(29(32)39)19-35-37(20-30)24-10-14-36(15-11-24)18-21-8-12-33-13-9-21/h2-7,16,19,21,24,33H,8-15,17-18,20H2,1H3,(H2,32,39)(H,34,38). The van der Waals surface area contributed by atoms with Gasteiger partial charge in [-0.1, -0.05) is 24.3 Å². The first-order valence-electron chi connectivity index (χ1n) is 14.1. The van der Waals surface area contributed by atoms with E-state index in [0.29, 0.717) is 12.1 Å². The number of nitrogens with one attached hydrogen (secondary N) is 2. The highest BCUT2D eigenvalue weighted by molar-refractivity contribution is 6.05. The number of halogens is 1. The number of carbonyl (C=O) groups is 2. The molecule has 0 aliphatic carbocycles. The maximum atomic E-state index is 13.8. The molecule has 3 aliphatic heterocycles. The topological polar surface area (TPSA) is 112 Å². The maximum Gasteiger partial charge on any atom is 0.255 e. The number of hydrazone groups is 1. The lowest BCUT2D eigenvalue weighted by atomic mass is 9.78. The molecule has 0 spiro atoms. The molecule has 2 aromatic carbocycles. The van der Waals surface area contributed by atoms with Crippen LogP contribution < -0.4 is 21.1 Å². The Balaban J connectivity index is 1.25. The van der Waals surface area contributed by atoms with Crippen LogP contribution in [0.5, 0.6) is 5.75 Å². The molecular weight excluding hydrogens is 511 g/mol. The van der Waals surface area contributed by atoms with Crippen LogP contribution in [0.4, 0.5) is 4.39 Å². The van der Waals surface area contributed by atoms with Crippen LogP contribution in [0.15, 0.2) is 47.6 Å². The molecule has 214 valence electrons. The highest BCUT2D eigenvalue weighted by Crippen LogP contribution is 2.34. The third-order valence-corrected chi connectivity index (χ3v) is 8.57. The quantitative estimate of drug-likeness (QED) is 0.442. The van der Waals surface area contributed by atoms with Crippen LogP contribution in [0.1, 0.15) is 47.2 Å². The molecular formula is C30H39FN6O3. The number of hydrogen-bond donors (Lipinski definition) is 3. The van der Waals surface area contributed by atoms with Gasteiger partial charge in [0.15, 0.2) is 0 Å². The molecule has 0 aromatic heterocycles. The number of carbonyl (C=O) groups excluding carboxylic acids is 2. The van der Waals surface area contributed by atoms with Crippen molar-refractivity contribution >= 4 is 18.0 Å². The summed E-state index contributed by atoms with van der Waals surface area (Å²) in [6.45, 7) is 5.93. The molecule has 4 N–H and O–H groups in total. The van der Waals surface area contributed by atoms with Crippen LogP contribution in [-0.4, -0.2) is 80.4 Å². The number of hydrogen-bond acceptors (Lipinski definition) is 7. The molecule has 0 radical (unpaired) electrons. The van der Waals surface area contributed by atoms with Gasteiger partial charge in [0.25, 0.3) is 5.91 Å². The second-order valence-corrected chi connectivity index (χ2v) is 11.1. The van der Waals surface area contributed by atoms with Crippen molar-refractivity contribution in [1.29, 1.82) is 0 Å². The van der Waals surface area contributed by atoms with E-state index >= 15 is 0 Å². The van der Waals surface area contributed by atoms with Gasteiger partial charge in [-0.25, -0.2) is 4.39 Å². The molecule has 9 nitrogen and oxygen atoms in total. The van der Waals surface area contributed by atoms with Crippen molar-refractivity contribution in [1.82, 2.24) is 20.5 Å². The number of primary amides is 1. The number of nitrogens with two attached hydrogens (primary N) is 1. The predicted molar refractivity (Wildman–Crippen MR) is 152 cm³/mol. The van der Waals surface area contributed by atoms with Crippen LogP contribution >= 0.6 is 0 Å². The summed E-state index contributed by atoms with van der Waals surface area (Å²) in [5.74, 6) is -0.436. The minimum absolute atomic E-state index is 0.102. The van der Waals surface area contributed by atoms with Crippen LogP contribution in [0.3, 0.4) is 0 Å². The van der Waals surface area contributed by atoms with Crippen LogP contribution in [0.25, 0.3) is 0 Å². The number of nitrogens with zero attached hydrogens (tertiary/aromatic N) is 3. The number of ether oxygens (including phenoxy) is 1. The van der Waals surface area contributed by atoms with Crippen molar-refractivity contribution in [3.05, 3.63) is 65.0 Å².